The number of methoxy groups -OCH3 is 1. The summed E-state index contributed by atoms with van der Waals surface area (Å²) in [5.74, 6) is 1.06. The molecule has 3 nitrogen and oxygen atoms in total. The van der Waals surface area contributed by atoms with Gasteiger partial charge in [0.05, 0.1) is 13.7 Å². The number of hydrogen-bond acceptors (Lipinski definition) is 3. The molecule has 1 spiro atoms. The second-order valence-corrected chi connectivity index (χ2v) is 5.04. The zero-order chi connectivity index (χ0) is 11.9. The number of rotatable bonds is 1. The Morgan fingerprint density at radius 1 is 1.35 bits per heavy atom. The number of Topliss-reactive ketones (excluding diaryl/α,β-unsaturated/α-hetero) is 1. The predicted octanol–water partition coefficient (Wildman–Crippen LogP) is 1.90. The molecule has 1 saturated carbocycles. The van der Waals surface area contributed by atoms with Crippen LogP contribution in [0.4, 0.5) is 0 Å². The SMILES string of the molecule is COc1cccc2c1C1(CCC1)CNCC2=O. The van der Waals surface area contributed by atoms with Crippen LogP contribution in [-0.4, -0.2) is 26.0 Å². The van der Waals surface area contributed by atoms with Gasteiger partial charge in [0.2, 0.25) is 0 Å². The summed E-state index contributed by atoms with van der Waals surface area (Å²) in [5.41, 5.74) is 2.13. The zero-order valence-corrected chi connectivity index (χ0v) is 10.1. The quantitative estimate of drug-likeness (QED) is 0.802. The fourth-order valence-electron chi connectivity index (χ4n) is 3.11. The fourth-order valence-corrected chi connectivity index (χ4v) is 3.11. The molecule has 90 valence electrons. The fraction of sp³-hybridized carbons (Fsp3) is 0.500. The standard InChI is InChI=1S/C14H17NO2/c1-17-12-5-2-4-10-11(16)8-15-9-14(13(10)12)6-3-7-14/h2,4-5,15H,3,6-9H2,1H3. The smallest absolute Gasteiger partial charge is 0.177 e. The van der Waals surface area contributed by atoms with Crippen LogP contribution in [0.5, 0.6) is 5.75 Å². The van der Waals surface area contributed by atoms with Gasteiger partial charge in [0, 0.05) is 23.1 Å². The van der Waals surface area contributed by atoms with Gasteiger partial charge < -0.3 is 10.1 Å². The first-order valence-electron chi connectivity index (χ1n) is 6.18. The van der Waals surface area contributed by atoms with Gasteiger partial charge in [-0.3, -0.25) is 4.79 Å². The monoisotopic (exact) mass is 231 g/mol. The van der Waals surface area contributed by atoms with Gasteiger partial charge in [-0.2, -0.15) is 0 Å². The highest BCUT2D eigenvalue weighted by atomic mass is 16.5. The minimum absolute atomic E-state index is 0.133. The van der Waals surface area contributed by atoms with E-state index in [-0.39, 0.29) is 11.2 Å². The molecule has 0 bridgehead atoms. The van der Waals surface area contributed by atoms with E-state index in [0.717, 1.165) is 36.3 Å². The van der Waals surface area contributed by atoms with Crippen LogP contribution in [0.25, 0.3) is 0 Å². The van der Waals surface area contributed by atoms with Gasteiger partial charge in [-0.1, -0.05) is 18.6 Å². The maximum absolute atomic E-state index is 12.1. The molecule has 1 aromatic carbocycles. The Bertz CT molecular complexity index is 463. The Balaban J connectivity index is 2.21. The topological polar surface area (TPSA) is 38.3 Å². The first-order chi connectivity index (χ1) is 8.27. The summed E-state index contributed by atoms with van der Waals surface area (Å²) in [6.45, 7) is 1.34. The summed E-state index contributed by atoms with van der Waals surface area (Å²) in [5, 5.41) is 3.28. The number of fused-ring (bicyclic) bond motifs is 2. The van der Waals surface area contributed by atoms with E-state index in [1.807, 2.05) is 18.2 Å². The lowest BCUT2D eigenvalue weighted by Crippen LogP contribution is -2.43. The number of ether oxygens (including phenoxy) is 1. The molecular weight excluding hydrogens is 214 g/mol. The number of carbonyl (C=O) groups is 1. The maximum atomic E-state index is 12.1. The van der Waals surface area contributed by atoms with Crippen molar-refractivity contribution in [3.8, 4) is 5.75 Å². The van der Waals surface area contributed by atoms with Gasteiger partial charge in [-0.05, 0) is 18.9 Å². The van der Waals surface area contributed by atoms with Crippen molar-refractivity contribution < 1.29 is 9.53 Å². The molecule has 2 aliphatic rings. The van der Waals surface area contributed by atoms with Crippen LogP contribution in [0, 0.1) is 0 Å². The van der Waals surface area contributed by atoms with E-state index in [2.05, 4.69) is 5.32 Å². The Kier molecular flexibility index (Phi) is 2.44. The molecule has 1 fully saturated rings. The van der Waals surface area contributed by atoms with Crippen LogP contribution in [0.1, 0.15) is 35.2 Å². The van der Waals surface area contributed by atoms with E-state index in [0.29, 0.717) is 6.54 Å². The molecule has 0 aromatic heterocycles. The molecule has 1 heterocycles. The third kappa shape index (κ3) is 1.49. The lowest BCUT2D eigenvalue weighted by Gasteiger charge is -2.43. The zero-order valence-electron chi connectivity index (χ0n) is 10.1. The second-order valence-electron chi connectivity index (χ2n) is 5.04. The maximum Gasteiger partial charge on any atom is 0.177 e. The number of hydrogen-bond donors (Lipinski definition) is 1. The molecule has 0 amide bonds. The average molecular weight is 231 g/mol. The number of benzene rings is 1. The van der Waals surface area contributed by atoms with Crippen molar-refractivity contribution >= 4 is 5.78 Å². The van der Waals surface area contributed by atoms with Crippen LogP contribution in [-0.2, 0) is 5.41 Å². The van der Waals surface area contributed by atoms with Crippen molar-refractivity contribution in [2.45, 2.75) is 24.7 Å². The van der Waals surface area contributed by atoms with Crippen molar-refractivity contribution in [2.75, 3.05) is 20.2 Å². The van der Waals surface area contributed by atoms with Gasteiger partial charge in [0.15, 0.2) is 5.78 Å². The predicted molar refractivity (Wildman–Crippen MR) is 65.7 cm³/mol. The Morgan fingerprint density at radius 3 is 2.82 bits per heavy atom. The molecule has 17 heavy (non-hydrogen) atoms. The summed E-state index contributed by atoms with van der Waals surface area (Å²) in [4.78, 5) is 12.1. The minimum atomic E-state index is 0.133. The molecule has 1 aliphatic heterocycles. The van der Waals surface area contributed by atoms with E-state index < -0.39 is 0 Å². The highest BCUT2D eigenvalue weighted by Gasteiger charge is 2.44. The summed E-state index contributed by atoms with van der Waals surface area (Å²) in [6, 6.07) is 5.82. The molecule has 3 heteroatoms. The van der Waals surface area contributed by atoms with Crippen LogP contribution in [0.3, 0.4) is 0 Å². The molecule has 0 radical (unpaired) electrons. The third-order valence-corrected chi connectivity index (χ3v) is 4.14. The van der Waals surface area contributed by atoms with E-state index >= 15 is 0 Å². The summed E-state index contributed by atoms with van der Waals surface area (Å²) in [7, 11) is 1.69. The van der Waals surface area contributed by atoms with E-state index in [1.165, 1.54) is 6.42 Å². The first kappa shape index (κ1) is 10.8. The molecule has 1 aromatic rings. The van der Waals surface area contributed by atoms with Crippen molar-refractivity contribution in [2.24, 2.45) is 0 Å². The molecule has 0 saturated heterocycles. The van der Waals surface area contributed by atoms with Crippen LogP contribution in [0.15, 0.2) is 18.2 Å². The lowest BCUT2D eigenvalue weighted by molar-refractivity contribution is 0.0993. The van der Waals surface area contributed by atoms with Gasteiger partial charge in [0.25, 0.3) is 0 Å². The van der Waals surface area contributed by atoms with Crippen molar-refractivity contribution in [3.05, 3.63) is 29.3 Å². The first-order valence-corrected chi connectivity index (χ1v) is 6.18. The molecule has 3 rings (SSSR count). The number of carbonyl (C=O) groups excluding carboxylic acids is 1. The second kappa shape index (κ2) is 3.84. The minimum Gasteiger partial charge on any atom is -0.496 e. The van der Waals surface area contributed by atoms with Crippen molar-refractivity contribution in [3.63, 3.8) is 0 Å². The summed E-state index contributed by atoms with van der Waals surface area (Å²) in [6.07, 6.45) is 3.55. The number of ketones is 1. The summed E-state index contributed by atoms with van der Waals surface area (Å²) < 4.78 is 5.47. The Hall–Kier alpha value is -1.35. The van der Waals surface area contributed by atoms with Crippen LogP contribution < -0.4 is 10.1 Å². The van der Waals surface area contributed by atoms with E-state index in [4.69, 9.17) is 4.74 Å². The molecule has 0 atom stereocenters. The Labute approximate surface area is 101 Å². The highest BCUT2D eigenvalue weighted by Crippen LogP contribution is 2.48. The Morgan fingerprint density at radius 2 is 2.18 bits per heavy atom. The summed E-state index contributed by atoms with van der Waals surface area (Å²) >= 11 is 0. The third-order valence-electron chi connectivity index (χ3n) is 4.14. The van der Waals surface area contributed by atoms with Crippen molar-refractivity contribution in [1.29, 1.82) is 0 Å². The molecule has 1 aliphatic carbocycles. The molecule has 0 unspecified atom stereocenters. The van der Waals surface area contributed by atoms with Crippen LogP contribution >= 0.6 is 0 Å². The highest BCUT2D eigenvalue weighted by molar-refractivity contribution is 6.00. The molecular formula is C14H17NO2. The van der Waals surface area contributed by atoms with E-state index in [1.54, 1.807) is 7.11 Å². The average Bonchev–Trinajstić information content (AvgIpc) is 2.46. The van der Waals surface area contributed by atoms with Gasteiger partial charge in [-0.15, -0.1) is 0 Å². The van der Waals surface area contributed by atoms with Crippen molar-refractivity contribution in [1.82, 2.24) is 5.32 Å². The van der Waals surface area contributed by atoms with E-state index in [9.17, 15) is 4.79 Å². The number of nitrogens with one attached hydrogen (secondary N) is 1. The normalized spacial score (nSPS) is 21.6. The van der Waals surface area contributed by atoms with Gasteiger partial charge >= 0.3 is 0 Å². The molecule has 1 N–H and O–H groups in total. The van der Waals surface area contributed by atoms with Gasteiger partial charge in [0.1, 0.15) is 5.75 Å². The van der Waals surface area contributed by atoms with Gasteiger partial charge in [-0.25, -0.2) is 0 Å². The van der Waals surface area contributed by atoms with Crippen LogP contribution in [0.2, 0.25) is 0 Å². The largest absolute Gasteiger partial charge is 0.496 e. The lowest BCUT2D eigenvalue weighted by atomic mass is 9.63.